The third-order valence-corrected chi connectivity index (χ3v) is 4.76. The van der Waals surface area contributed by atoms with Crippen LogP contribution < -0.4 is 10.1 Å². The standard InChI is InChI=1S/C16H16ClNO3S/c1-18-9-8-16(19,13-5-6-14(17)22-13)21-12-4-2-3-11-7-10-20-15(11)12/h2-7,10,18-19H,8-9H2,1H3/t16-/m1/s1. The molecule has 0 radical (unpaired) electrons. The number of hydrogen-bond donors (Lipinski definition) is 2. The van der Waals surface area contributed by atoms with E-state index in [4.69, 9.17) is 20.8 Å². The normalized spacial score (nSPS) is 14.1. The highest BCUT2D eigenvalue weighted by atomic mass is 35.5. The molecular formula is C16H16ClNO3S. The monoisotopic (exact) mass is 337 g/mol. The first-order valence-corrected chi connectivity index (χ1v) is 8.10. The lowest BCUT2D eigenvalue weighted by molar-refractivity contribution is -0.147. The summed E-state index contributed by atoms with van der Waals surface area (Å²) in [5.74, 6) is -0.951. The molecule has 22 heavy (non-hydrogen) atoms. The van der Waals surface area contributed by atoms with Crippen LogP contribution in [0.3, 0.4) is 0 Å². The molecule has 0 fully saturated rings. The molecule has 3 aromatic rings. The lowest BCUT2D eigenvalue weighted by Gasteiger charge is -2.28. The zero-order chi connectivity index (χ0) is 15.6. The maximum atomic E-state index is 11.0. The summed E-state index contributed by atoms with van der Waals surface area (Å²) in [5.41, 5.74) is 0.619. The highest BCUT2D eigenvalue weighted by molar-refractivity contribution is 7.16. The van der Waals surface area contributed by atoms with Crippen molar-refractivity contribution >= 4 is 33.9 Å². The zero-order valence-electron chi connectivity index (χ0n) is 12.0. The highest BCUT2D eigenvalue weighted by Crippen LogP contribution is 2.37. The van der Waals surface area contributed by atoms with Crippen molar-refractivity contribution in [1.82, 2.24) is 5.32 Å². The number of thiophene rings is 1. The molecule has 0 aliphatic carbocycles. The fourth-order valence-corrected chi connectivity index (χ4v) is 3.37. The van der Waals surface area contributed by atoms with E-state index >= 15 is 0 Å². The van der Waals surface area contributed by atoms with Crippen LogP contribution in [0.2, 0.25) is 4.34 Å². The minimum Gasteiger partial charge on any atom is -0.460 e. The van der Waals surface area contributed by atoms with Crippen LogP contribution in [0.25, 0.3) is 11.0 Å². The summed E-state index contributed by atoms with van der Waals surface area (Å²) < 4.78 is 12.0. The molecule has 0 aliphatic rings. The molecular weight excluding hydrogens is 322 g/mol. The van der Waals surface area contributed by atoms with Gasteiger partial charge in [0.1, 0.15) is 0 Å². The van der Waals surface area contributed by atoms with Gasteiger partial charge < -0.3 is 19.6 Å². The van der Waals surface area contributed by atoms with E-state index in [1.807, 2.05) is 25.2 Å². The van der Waals surface area contributed by atoms with Gasteiger partial charge in [-0.2, -0.15) is 0 Å². The number of ether oxygens (including phenoxy) is 1. The molecule has 1 aromatic carbocycles. The molecule has 0 saturated heterocycles. The van der Waals surface area contributed by atoms with E-state index in [-0.39, 0.29) is 0 Å². The van der Waals surface area contributed by atoms with Gasteiger partial charge in [0.2, 0.25) is 5.79 Å². The predicted octanol–water partition coefficient (Wildman–Crippen LogP) is 3.98. The first-order valence-electron chi connectivity index (χ1n) is 6.90. The van der Waals surface area contributed by atoms with Crippen LogP contribution in [0.5, 0.6) is 5.75 Å². The fourth-order valence-electron chi connectivity index (χ4n) is 2.27. The Morgan fingerprint density at radius 3 is 2.91 bits per heavy atom. The molecule has 3 rings (SSSR count). The number of fused-ring (bicyclic) bond motifs is 1. The molecule has 4 nitrogen and oxygen atoms in total. The molecule has 1 atom stereocenters. The Hall–Kier alpha value is -1.53. The lowest BCUT2D eigenvalue weighted by atomic mass is 10.1. The van der Waals surface area contributed by atoms with Crippen molar-refractivity contribution < 1.29 is 14.3 Å². The Morgan fingerprint density at radius 1 is 1.32 bits per heavy atom. The molecule has 0 aliphatic heterocycles. The van der Waals surface area contributed by atoms with E-state index in [9.17, 15) is 5.11 Å². The van der Waals surface area contributed by atoms with Gasteiger partial charge in [-0.1, -0.05) is 23.7 Å². The Morgan fingerprint density at radius 2 is 2.18 bits per heavy atom. The Labute approximate surface area is 137 Å². The number of halogens is 1. The number of nitrogens with one attached hydrogen (secondary N) is 1. The van der Waals surface area contributed by atoms with Gasteiger partial charge >= 0.3 is 0 Å². The number of hydrogen-bond acceptors (Lipinski definition) is 5. The molecule has 2 aromatic heterocycles. The maximum absolute atomic E-state index is 11.0. The summed E-state index contributed by atoms with van der Waals surface area (Å²) in [6.45, 7) is 0.597. The smallest absolute Gasteiger partial charge is 0.245 e. The van der Waals surface area contributed by atoms with Crippen molar-refractivity contribution in [3.8, 4) is 5.75 Å². The third kappa shape index (κ3) is 2.98. The summed E-state index contributed by atoms with van der Waals surface area (Å²) >= 11 is 7.30. The number of rotatable bonds is 6. The molecule has 116 valence electrons. The first-order chi connectivity index (χ1) is 10.6. The average Bonchev–Trinajstić information content (AvgIpc) is 3.14. The molecule has 0 amide bonds. The molecule has 0 bridgehead atoms. The second-order valence-electron chi connectivity index (χ2n) is 4.94. The lowest BCUT2D eigenvalue weighted by Crippen LogP contribution is -2.35. The summed E-state index contributed by atoms with van der Waals surface area (Å²) in [6.07, 6.45) is 1.99. The third-order valence-electron chi connectivity index (χ3n) is 3.39. The molecule has 0 spiro atoms. The van der Waals surface area contributed by atoms with Gasteiger partial charge in [-0.25, -0.2) is 0 Å². The number of furan rings is 1. The van der Waals surface area contributed by atoms with Crippen LogP contribution in [0.15, 0.2) is 47.1 Å². The van der Waals surface area contributed by atoms with E-state index in [1.165, 1.54) is 11.3 Å². The van der Waals surface area contributed by atoms with Crippen LogP contribution in [-0.4, -0.2) is 18.7 Å². The van der Waals surface area contributed by atoms with E-state index in [0.717, 1.165) is 5.39 Å². The van der Waals surface area contributed by atoms with Crippen molar-refractivity contribution in [2.45, 2.75) is 12.2 Å². The van der Waals surface area contributed by atoms with Gasteiger partial charge in [-0.05, 0) is 31.3 Å². The summed E-state index contributed by atoms with van der Waals surface area (Å²) in [4.78, 5) is 0.663. The Balaban J connectivity index is 1.97. The SMILES string of the molecule is CNCC[C@@](O)(Oc1cccc2ccoc12)c1ccc(Cl)s1. The van der Waals surface area contributed by atoms with Crippen LogP contribution in [0, 0.1) is 0 Å². The second kappa shape index (κ2) is 6.30. The maximum Gasteiger partial charge on any atom is 0.245 e. The van der Waals surface area contributed by atoms with Crippen LogP contribution in [-0.2, 0) is 5.79 Å². The van der Waals surface area contributed by atoms with Crippen LogP contribution in [0.1, 0.15) is 11.3 Å². The molecule has 2 N–H and O–H groups in total. The zero-order valence-corrected chi connectivity index (χ0v) is 13.6. The van der Waals surface area contributed by atoms with Gasteiger partial charge in [-0.15, -0.1) is 11.3 Å². The molecule has 0 saturated carbocycles. The van der Waals surface area contributed by atoms with E-state index in [2.05, 4.69) is 5.32 Å². The van der Waals surface area contributed by atoms with Crippen LogP contribution in [0.4, 0.5) is 0 Å². The largest absolute Gasteiger partial charge is 0.460 e. The highest BCUT2D eigenvalue weighted by Gasteiger charge is 2.34. The second-order valence-corrected chi connectivity index (χ2v) is 6.65. The topological polar surface area (TPSA) is 54.6 Å². The summed E-state index contributed by atoms with van der Waals surface area (Å²) in [6, 6.07) is 11.0. The molecule has 6 heteroatoms. The van der Waals surface area contributed by atoms with Gasteiger partial charge in [0.05, 0.1) is 15.5 Å². The number of benzene rings is 1. The molecule has 2 heterocycles. The summed E-state index contributed by atoms with van der Waals surface area (Å²) in [7, 11) is 1.83. The van der Waals surface area contributed by atoms with Crippen molar-refractivity contribution in [2.75, 3.05) is 13.6 Å². The van der Waals surface area contributed by atoms with E-state index < -0.39 is 5.79 Å². The first kappa shape index (κ1) is 15.4. The van der Waals surface area contributed by atoms with Crippen molar-refractivity contribution in [3.05, 3.63) is 51.9 Å². The van der Waals surface area contributed by atoms with Crippen LogP contribution >= 0.6 is 22.9 Å². The van der Waals surface area contributed by atoms with E-state index in [1.54, 1.807) is 24.5 Å². The van der Waals surface area contributed by atoms with Gasteiger partial charge in [0.15, 0.2) is 11.3 Å². The number of aliphatic hydroxyl groups is 1. The van der Waals surface area contributed by atoms with E-state index in [0.29, 0.717) is 33.5 Å². The quantitative estimate of drug-likeness (QED) is 0.668. The van der Waals surface area contributed by atoms with Crippen molar-refractivity contribution in [1.29, 1.82) is 0 Å². The minimum atomic E-state index is -1.46. The fraction of sp³-hybridized carbons (Fsp3) is 0.250. The molecule has 0 unspecified atom stereocenters. The number of para-hydroxylation sites is 1. The minimum absolute atomic E-state index is 0.386. The van der Waals surface area contributed by atoms with Crippen molar-refractivity contribution in [3.63, 3.8) is 0 Å². The van der Waals surface area contributed by atoms with Gasteiger partial charge in [0, 0.05) is 18.4 Å². The average molecular weight is 338 g/mol. The van der Waals surface area contributed by atoms with Gasteiger partial charge in [0.25, 0.3) is 0 Å². The Bertz CT molecular complexity index is 769. The summed E-state index contributed by atoms with van der Waals surface area (Å²) in [5, 5.41) is 15.0. The predicted molar refractivity (Wildman–Crippen MR) is 88.6 cm³/mol. The Kier molecular flexibility index (Phi) is 4.40. The van der Waals surface area contributed by atoms with Crippen molar-refractivity contribution in [2.24, 2.45) is 0 Å². The van der Waals surface area contributed by atoms with Gasteiger partial charge in [-0.3, -0.25) is 0 Å².